The summed E-state index contributed by atoms with van der Waals surface area (Å²) in [5, 5.41) is 0.777. The van der Waals surface area contributed by atoms with Gasteiger partial charge in [-0.2, -0.15) is 0 Å². The van der Waals surface area contributed by atoms with Crippen LogP contribution in [0.4, 0.5) is 8.78 Å². The van der Waals surface area contributed by atoms with Crippen LogP contribution in [0.1, 0.15) is 26.3 Å². The van der Waals surface area contributed by atoms with Crippen molar-refractivity contribution in [2.24, 2.45) is 0 Å². The molecule has 0 unspecified atom stereocenters. The first-order valence-corrected chi connectivity index (χ1v) is 5.88. The minimum absolute atomic E-state index is 0.211. The first-order chi connectivity index (χ1) is 8.79. The molecule has 2 aromatic carbocycles. The number of esters is 1. The van der Waals surface area contributed by atoms with Crippen LogP contribution in [-0.4, -0.2) is 5.97 Å². The number of carbonyl (C=O) groups excluding carboxylic acids is 1. The number of halogens is 2. The summed E-state index contributed by atoms with van der Waals surface area (Å²) in [6, 6.07) is 6.88. The molecule has 0 fully saturated rings. The monoisotopic (exact) mass is 264 g/mol. The molecule has 0 atom stereocenters. The van der Waals surface area contributed by atoms with Crippen molar-refractivity contribution in [2.45, 2.75) is 26.4 Å². The van der Waals surface area contributed by atoms with E-state index in [1.807, 2.05) is 0 Å². The zero-order chi connectivity index (χ0) is 14.2. The number of ether oxygens (including phenoxy) is 1. The topological polar surface area (TPSA) is 26.3 Å². The number of benzene rings is 2. The smallest absolute Gasteiger partial charge is 0.303 e. The normalized spacial score (nSPS) is 11.6. The third-order valence-electron chi connectivity index (χ3n) is 2.96. The molecule has 0 saturated carbocycles. The lowest BCUT2D eigenvalue weighted by molar-refractivity contribution is -0.154. The lowest BCUT2D eigenvalue weighted by atomic mass is 9.94. The van der Waals surface area contributed by atoms with Gasteiger partial charge >= 0.3 is 5.97 Å². The van der Waals surface area contributed by atoms with E-state index in [2.05, 4.69) is 0 Å². The molecule has 0 amide bonds. The van der Waals surface area contributed by atoms with Gasteiger partial charge < -0.3 is 4.74 Å². The summed E-state index contributed by atoms with van der Waals surface area (Å²) in [7, 11) is 0. The molecule has 4 heteroatoms. The highest BCUT2D eigenvalue weighted by molar-refractivity contribution is 5.84. The van der Waals surface area contributed by atoms with Crippen molar-refractivity contribution in [1.29, 1.82) is 0 Å². The Balaban J connectivity index is 2.57. The quantitative estimate of drug-likeness (QED) is 0.768. The van der Waals surface area contributed by atoms with Gasteiger partial charge in [-0.05, 0) is 49.1 Å². The Bertz CT molecular complexity index is 648. The van der Waals surface area contributed by atoms with Crippen molar-refractivity contribution in [1.82, 2.24) is 0 Å². The van der Waals surface area contributed by atoms with Gasteiger partial charge in [-0.15, -0.1) is 0 Å². The molecule has 0 aliphatic rings. The van der Waals surface area contributed by atoms with Gasteiger partial charge in [0.05, 0.1) is 0 Å². The molecule has 0 spiro atoms. The van der Waals surface area contributed by atoms with Crippen LogP contribution in [0.3, 0.4) is 0 Å². The Kier molecular flexibility index (Phi) is 3.27. The first-order valence-electron chi connectivity index (χ1n) is 5.88. The van der Waals surface area contributed by atoms with Crippen LogP contribution >= 0.6 is 0 Å². The van der Waals surface area contributed by atoms with Crippen LogP contribution in [0.15, 0.2) is 30.3 Å². The zero-order valence-corrected chi connectivity index (χ0v) is 11.0. The van der Waals surface area contributed by atoms with Crippen molar-refractivity contribution < 1.29 is 18.3 Å². The molecule has 0 saturated heterocycles. The van der Waals surface area contributed by atoms with Gasteiger partial charge in [-0.3, -0.25) is 4.79 Å². The average Bonchev–Trinajstić information content (AvgIpc) is 2.28. The van der Waals surface area contributed by atoms with E-state index in [1.165, 1.54) is 25.1 Å². The second-order valence-corrected chi connectivity index (χ2v) is 4.93. The molecule has 0 N–H and O–H groups in total. The third kappa shape index (κ3) is 2.72. The first kappa shape index (κ1) is 13.5. The molecule has 2 rings (SSSR count). The molecule has 100 valence electrons. The van der Waals surface area contributed by atoms with E-state index in [-0.39, 0.29) is 5.39 Å². The summed E-state index contributed by atoms with van der Waals surface area (Å²) in [5.41, 5.74) is -0.408. The molecule has 2 aromatic rings. The molecule has 0 aromatic heterocycles. The fourth-order valence-corrected chi connectivity index (χ4v) is 2.05. The maximum absolute atomic E-state index is 14.0. The average molecular weight is 264 g/mol. The minimum Gasteiger partial charge on any atom is -0.455 e. The molecule has 0 radical (unpaired) electrons. The SMILES string of the molecule is CC(=O)OC(C)(C)c1cc(F)c2cc(F)ccc2c1. The van der Waals surface area contributed by atoms with Gasteiger partial charge in [0.2, 0.25) is 0 Å². The van der Waals surface area contributed by atoms with Crippen molar-refractivity contribution in [3.05, 3.63) is 47.5 Å². The van der Waals surface area contributed by atoms with Crippen molar-refractivity contribution in [2.75, 3.05) is 0 Å². The predicted molar refractivity (Wildman–Crippen MR) is 68.7 cm³/mol. The molecule has 2 nitrogen and oxygen atoms in total. The van der Waals surface area contributed by atoms with E-state index in [0.29, 0.717) is 10.9 Å². The minimum atomic E-state index is -0.935. The molecule has 0 aliphatic heterocycles. The van der Waals surface area contributed by atoms with Crippen LogP contribution in [0, 0.1) is 11.6 Å². The summed E-state index contributed by atoms with van der Waals surface area (Å²) in [5.74, 6) is -1.46. The third-order valence-corrected chi connectivity index (χ3v) is 2.96. The van der Waals surface area contributed by atoms with Crippen LogP contribution in [0.5, 0.6) is 0 Å². The molecular formula is C15H14F2O2. The van der Waals surface area contributed by atoms with E-state index >= 15 is 0 Å². The highest BCUT2D eigenvalue weighted by Gasteiger charge is 2.25. The summed E-state index contributed by atoms with van der Waals surface area (Å²) < 4.78 is 32.2. The second kappa shape index (κ2) is 4.61. The van der Waals surface area contributed by atoms with Crippen LogP contribution in [-0.2, 0) is 15.1 Å². The Hall–Kier alpha value is -1.97. The maximum atomic E-state index is 14.0. The number of carbonyl (C=O) groups is 1. The van der Waals surface area contributed by atoms with Crippen molar-refractivity contribution in [3.8, 4) is 0 Å². The number of hydrogen-bond donors (Lipinski definition) is 0. The lowest BCUT2D eigenvalue weighted by Gasteiger charge is -2.25. The number of fused-ring (bicyclic) bond motifs is 1. The van der Waals surface area contributed by atoms with Crippen LogP contribution in [0.25, 0.3) is 10.8 Å². The zero-order valence-electron chi connectivity index (χ0n) is 11.0. The summed E-state index contributed by atoms with van der Waals surface area (Å²) in [6.07, 6.45) is 0. The Morgan fingerprint density at radius 2 is 1.84 bits per heavy atom. The molecule has 0 aliphatic carbocycles. The fourth-order valence-electron chi connectivity index (χ4n) is 2.05. The number of rotatable bonds is 2. The van der Waals surface area contributed by atoms with Gasteiger partial charge in [-0.25, -0.2) is 8.78 Å². The van der Waals surface area contributed by atoms with E-state index in [9.17, 15) is 13.6 Å². The fraction of sp³-hybridized carbons (Fsp3) is 0.267. The lowest BCUT2D eigenvalue weighted by Crippen LogP contribution is -2.24. The van der Waals surface area contributed by atoms with E-state index in [4.69, 9.17) is 4.74 Å². The highest BCUT2D eigenvalue weighted by atomic mass is 19.1. The van der Waals surface area contributed by atoms with Gasteiger partial charge in [0.1, 0.15) is 17.2 Å². The maximum Gasteiger partial charge on any atom is 0.303 e. The van der Waals surface area contributed by atoms with Crippen molar-refractivity contribution >= 4 is 16.7 Å². The standard InChI is InChI=1S/C15H14F2O2/c1-9(18)19-15(2,3)11-6-10-4-5-12(16)8-13(10)14(17)7-11/h4-8H,1-3H3. The predicted octanol–water partition coefficient (Wildman–Crippen LogP) is 3.92. The van der Waals surface area contributed by atoms with Crippen LogP contribution < -0.4 is 0 Å². The summed E-state index contributed by atoms with van der Waals surface area (Å²) >= 11 is 0. The van der Waals surface area contributed by atoms with E-state index in [1.54, 1.807) is 19.9 Å². The molecular weight excluding hydrogens is 250 g/mol. The van der Waals surface area contributed by atoms with E-state index < -0.39 is 23.2 Å². The van der Waals surface area contributed by atoms with Crippen LogP contribution in [0.2, 0.25) is 0 Å². The molecule has 19 heavy (non-hydrogen) atoms. The van der Waals surface area contributed by atoms with Gasteiger partial charge in [0.25, 0.3) is 0 Å². The Morgan fingerprint density at radius 1 is 1.16 bits per heavy atom. The van der Waals surface area contributed by atoms with Crippen molar-refractivity contribution in [3.63, 3.8) is 0 Å². The second-order valence-electron chi connectivity index (χ2n) is 4.93. The largest absolute Gasteiger partial charge is 0.455 e. The van der Waals surface area contributed by atoms with Gasteiger partial charge in [-0.1, -0.05) is 6.07 Å². The Labute approximate surface area is 110 Å². The summed E-state index contributed by atoms with van der Waals surface area (Å²) in [6.45, 7) is 4.66. The van der Waals surface area contributed by atoms with Gasteiger partial charge in [0, 0.05) is 12.3 Å². The van der Waals surface area contributed by atoms with Gasteiger partial charge in [0.15, 0.2) is 0 Å². The highest BCUT2D eigenvalue weighted by Crippen LogP contribution is 2.30. The number of hydrogen-bond acceptors (Lipinski definition) is 2. The molecule has 0 bridgehead atoms. The van der Waals surface area contributed by atoms with E-state index in [0.717, 1.165) is 6.07 Å². The molecule has 0 heterocycles. The Morgan fingerprint density at radius 3 is 2.47 bits per heavy atom. The summed E-state index contributed by atoms with van der Waals surface area (Å²) in [4.78, 5) is 11.1.